The number of nitrogens with two attached hydrogens (primary N) is 1. The van der Waals surface area contributed by atoms with Crippen molar-refractivity contribution in [2.24, 2.45) is 10.8 Å². The highest BCUT2D eigenvalue weighted by atomic mass is 35.5. The number of carbonyl (C=O) groups excluding carboxylic acids is 6. The van der Waals surface area contributed by atoms with Gasteiger partial charge in [-0.1, -0.05) is 102 Å². The number of halogens is 1. The third-order valence-corrected chi connectivity index (χ3v) is 8.38. The molecule has 0 fully saturated rings. The zero-order valence-corrected chi connectivity index (χ0v) is 29.2. The fourth-order valence-corrected chi connectivity index (χ4v) is 5.43. The fourth-order valence-electron chi connectivity index (χ4n) is 5.03. The molecule has 8 nitrogen and oxygen atoms in total. The molecule has 9 heteroatoms. The first-order valence-corrected chi connectivity index (χ1v) is 16.3. The molecular formula is C40H39ClN2O6. The zero-order chi connectivity index (χ0) is 36.3. The fraction of sp³-hybridized carbons (Fsp3) is 0.250. The van der Waals surface area contributed by atoms with Crippen LogP contribution in [0.4, 0.5) is 11.4 Å². The van der Waals surface area contributed by atoms with Crippen LogP contribution >= 0.6 is 11.6 Å². The van der Waals surface area contributed by atoms with Crippen molar-refractivity contribution in [3.05, 3.63) is 107 Å². The topological polar surface area (TPSA) is 140 Å². The van der Waals surface area contributed by atoms with Crippen LogP contribution in [0.3, 0.4) is 0 Å². The molecule has 2 aliphatic carbocycles. The van der Waals surface area contributed by atoms with Crippen LogP contribution in [-0.4, -0.2) is 47.1 Å². The molecular weight excluding hydrogens is 640 g/mol. The summed E-state index contributed by atoms with van der Waals surface area (Å²) in [6.45, 7) is 11.4. The molecule has 252 valence electrons. The minimum absolute atomic E-state index is 0.0768. The van der Waals surface area contributed by atoms with Crippen LogP contribution in [0.5, 0.6) is 0 Å². The largest absolute Gasteiger partial charge is 0.399 e. The third-order valence-electron chi connectivity index (χ3n) is 8.14. The summed E-state index contributed by atoms with van der Waals surface area (Å²) in [7, 11) is 0. The predicted molar refractivity (Wildman–Crippen MR) is 194 cm³/mol. The number of anilines is 2. The second-order valence-corrected chi connectivity index (χ2v) is 14.1. The summed E-state index contributed by atoms with van der Waals surface area (Å²) < 4.78 is 0. The van der Waals surface area contributed by atoms with E-state index in [0.29, 0.717) is 33.6 Å². The van der Waals surface area contributed by atoms with Crippen LogP contribution in [-0.2, 0) is 9.59 Å². The number of carbonyl (C=O) groups is 6. The maximum Gasteiger partial charge on any atom is 0.234 e. The summed E-state index contributed by atoms with van der Waals surface area (Å²) >= 11 is 5.29. The van der Waals surface area contributed by atoms with Crippen LogP contribution in [0, 0.1) is 10.8 Å². The lowest BCUT2D eigenvalue weighted by molar-refractivity contribution is -0.124. The number of Topliss-reactive ketones (excluding diaryl/α,β-unsaturated/α-hetero) is 6. The van der Waals surface area contributed by atoms with Gasteiger partial charge in [-0.15, -0.1) is 11.6 Å². The van der Waals surface area contributed by atoms with Crippen molar-refractivity contribution in [1.29, 1.82) is 0 Å². The van der Waals surface area contributed by atoms with Crippen LogP contribution in [0.1, 0.15) is 83.0 Å². The number of nitrogens with one attached hydrogen (secondary N) is 1. The third kappa shape index (κ3) is 8.09. The van der Waals surface area contributed by atoms with E-state index in [2.05, 4.69) is 5.32 Å². The number of fused-ring (bicyclic) bond motifs is 6. The van der Waals surface area contributed by atoms with Crippen LogP contribution in [0.15, 0.2) is 84.9 Å². The first kappa shape index (κ1) is 36.6. The van der Waals surface area contributed by atoms with Crippen molar-refractivity contribution in [2.75, 3.05) is 23.5 Å². The van der Waals surface area contributed by atoms with E-state index in [1.54, 1.807) is 48.5 Å². The van der Waals surface area contributed by atoms with Gasteiger partial charge in [0.15, 0.2) is 11.6 Å². The van der Waals surface area contributed by atoms with Gasteiger partial charge in [-0.3, -0.25) is 28.8 Å². The molecule has 0 saturated carbocycles. The second-order valence-electron chi connectivity index (χ2n) is 13.8. The van der Waals surface area contributed by atoms with Crippen molar-refractivity contribution in [1.82, 2.24) is 0 Å². The van der Waals surface area contributed by atoms with Gasteiger partial charge in [0, 0.05) is 44.5 Å². The minimum Gasteiger partial charge on any atom is -0.399 e. The summed E-state index contributed by atoms with van der Waals surface area (Å²) in [6.07, 6.45) is 0. The lowest BCUT2D eigenvalue weighted by Gasteiger charge is -2.20. The molecule has 4 aromatic carbocycles. The average Bonchev–Trinajstić information content (AvgIpc) is 3.07. The van der Waals surface area contributed by atoms with Crippen molar-refractivity contribution in [2.45, 2.75) is 41.5 Å². The quantitative estimate of drug-likeness (QED) is 0.126. The molecule has 0 bridgehead atoms. The van der Waals surface area contributed by atoms with Gasteiger partial charge in [-0.25, -0.2) is 0 Å². The smallest absolute Gasteiger partial charge is 0.234 e. The number of hydrogen-bond donors (Lipinski definition) is 2. The summed E-state index contributed by atoms with van der Waals surface area (Å²) in [4.78, 5) is 71.2. The number of rotatable bonds is 4. The highest BCUT2D eigenvalue weighted by Gasteiger charge is 2.31. The lowest BCUT2D eigenvalue weighted by Crippen LogP contribution is -2.27. The van der Waals surface area contributed by atoms with Gasteiger partial charge in [0.1, 0.15) is 0 Å². The van der Waals surface area contributed by atoms with Gasteiger partial charge in [-0.05, 0) is 46.5 Å². The van der Waals surface area contributed by atoms with Gasteiger partial charge in [-0.2, -0.15) is 0 Å². The van der Waals surface area contributed by atoms with Crippen molar-refractivity contribution in [3.63, 3.8) is 0 Å². The maximum absolute atomic E-state index is 12.4. The molecule has 0 heterocycles. The normalized spacial score (nSPS) is 13.0. The van der Waals surface area contributed by atoms with E-state index in [0.717, 1.165) is 22.3 Å². The highest BCUT2D eigenvalue weighted by Crippen LogP contribution is 2.36. The van der Waals surface area contributed by atoms with E-state index in [9.17, 15) is 28.8 Å². The van der Waals surface area contributed by atoms with Crippen molar-refractivity contribution < 1.29 is 28.8 Å². The van der Waals surface area contributed by atoms with E-state index in [1.165, 1.54) is 0 Å². The molecule has 49 heavy (non-hydrogen) atoms. The van der Waals surface area contributed by atoms with Crippen molar-refractivity contribution in [3.8, 4) is 22.3 Å². The van der Waals surface area contributed by atoms with Gasteiger partial charge in [0.2, 0.25) is 23.1 Å². The Morgan fingerprint density at radius 2 is 0.939 bits per heavy atom. The Labute approximate surface area is 291 Å². The second kappa shape index (κ2) is 14.5. The van der Waals surface area contributed by atoms with Gasteiger partial charge in [0.25, 0.3) is 0 Å². The standard InChI is InChI=1S/C20H19NO3.C14H9NO2.C6H11ClO/c1-20(2,3)17(22)11-21-12-8-9-14-13-6-4-5-7-15(13)18(23)19(24)16(14)10-12;15-8-5-6-10-9-3-1-2-4-11(9)13(16)14(17)12(10)7-8;1-6(2,3)5(8)4-7/h4-10,21H,11H2,1-3H3;1-7H,15H2;4H2,1-3H3. The SMILES string of the molecule is CC(C)(C)C(=O)CCl.CC(C)(C)C(=O)CNc1ccc2c(c1)C(=O)C(=O)c1ccccc1-2.Nc1ccc2c(c1)C(=O)C(=O)c1ccccc1-2. The zero-order valence-electron chi connectivity index (χ0n) is 28.4. The Kier molecular flexibility index (Phi) is 10.8. The summed E-state index contributed by atoms with van der Waals surface area (Å²) in [5, 5.41) is 3.05. The minimum atomic E-state index is -0.505. The highest BCUT2D eigenvalue weighted by molar-refractivity contribution is 6.53. The van der Waals surface area contributed by atoms with E-state index >= 15 is 0 Å². The van der Waals surface area contributed by atoms with E-state index in [4.69, 9.17) is 17.3 Å². The van der Waals surface area contributed by atoms with E-state index in [1.807, 2.05) is 77.9 Å². The Morgan fingerprint density at radius 1 is 0.551 bits per heavy atom. The average molecular weight is 679 g/mol. The molecule has 0 aromatic heterocycles. The summed E-state index contributed by atoms with van der Waals surface area (Å²) in [6, 6.07) is 24.6. The van der Waals surface area contributed by atoms with Gasteiger partial charge < -0.3 is 11.1 Å². The number of hydrogen-bond acceptors (Lipinski definition) is 8. The Morgan fingerprint density at radius 3 is 1.37 bits per heavy atom. The van der Waals surface area contributed by atoms with Crippen LogP contribution in [0.2, 0.25) is 0 Å². The monoisotopic (exact) mass is 678 g/mol. The molecule has 4 aromatic rings. The predicted octanol–water partition coefficient (Wildman–Crippen LogP) is 7.91. The van der Waals surface area contributed by atoms with Crippen LogP contribution < -0.4 is 11.1 Å². The Hall–Kier alpha value is -5.21. The first-order chi connectivity index (χ1) is 22.9. The van der Waals surface area contributed by atoms with E-state index in [-0.39, 0.29) is 29.4 Å². The number of benzene rings is 4. The van der Waals surface area contributed by atoms with Gasteiger partial charge >= 0.3 is 0 Å². The van der Waals surface area contributed by atoms with Crippen molar-refractivity contribution >= 4 is 57.7 Å². The first-order valence-electron chi connectivity index (χ1n) is 15.7. The Balaban J connectivity index is 0.000000188. The molecule has 0 aliphatic heterocycles. The molecule has 0 unspecified atom stereocenters. The Bertz CT molecular complexity index is 2000. The van der Waals surface area contributed by atoms with Gasteiger partial charge in [0.05, 0.1) is 12.4 Å². The number of ketones is 6. The molecule has 0 atom stereocenters. The molecule has 6 rings (SSSR count). The molecule has 0 radical (unpaired) electrons. The van der Waals surface area contributed by atoms with Crippen LogP contribution in [0.25, 0.3) is 22.3 Å². The molecule has 0 amide bonds. The maximum atomic E-state index is 12.4. The molecule has 0 saturated heterocycles. The summed E-state index contributed by atoms with van der Waals surface area (Å²) in [5.41, 5.74) is 10.9. The van der Waals surface area contributed by atoms with E-state index < -0.39 is 28.5 Å². The molecule has 3 N–H and O–H groups in total. The summed E-state index contributed by atoms with van der Waals surface area (Å²) in [5.74, 6) is -1.63. The number of nitrogen functional groups attached to an aromatic ring is 1. The number of alkyl halides is 1. The molecule has 2 aliphatic rings. The lowest BCUT2D eigenvalue weighted by atomic mass is 9.84. The molecule has 0 spiro atoms.